The minimum absolute atomic E-state index is 0.543. The molecule has 0 aliphatic rings. The number of hydrogen-bond donors (Lipinski definition) is 2. The second-order valence-electron chi connectivity index (χ2n) is 3.32. The van der Waals surface area contributed by atoms with Crippen LogP contribution in [0.25, 0.3) is 0 Å². The summed E-state index contributed by atoms with van der Waals surface area (Å²) in [6.45, 7) is 2.65. The maximum absolute atomic E-state index is 5.01. The van der Waals surface area contributed by atoms with E-state index in [0.717, 1.165) is 17.1 Å². The molecule has 2 rings (SSSR count). The van der Waals surface area contributed by atoms with Gasteiger partial charge in [-0.2, -0.15) is 5.10 Å². The van der Waals surface area contributed by atoms with Gasteiger partial charge in [0.1, 0.15) is 12.1 Å². The first-order valence-corrected chi connectivity index (χ1v) is 4.88. The molecule has 0 bridgehead atoms. The number of H-pyrrole nitrogens is 1. The molecule has 0 radical (unpaired) electrons. The van der Waals surface area contributed by atoms with Crippen LogP contribution in [-0.2, 0) is 6.54 Å². The van der Waals surface area contributed by atoms with Crippen molar-refractivity contribution in [3.63, 3.8) is 0 Å². The zero-order valence-electron chi connectivity index (χ0n) is 9.19. The number of anilines is 1. The molecule has 84 valence electrons. The van der Waals surface area contributed by atoms with E-state index in [4.69, 9.17) is 4.74 Å². The Bertz CT molecular complexity index is 468. The second-order valence-corrected chi connectivity index (χ2v) is 3.32. The van der Waals surface area contributed by atoms with E-state index in [1.54, 1.807) is 19.4 Å². The molecule has 0 aromatic carbocycles. The highest BCUT2D eigenvalue weighted by molar-refractivity contribution is 5.38. The number of aromatic amines is 1. The molecule has 0 aliphatic carbocycles. The predicted octanol–water partition coefficient (Wildman–Crippen LogP) is 1.13. The third-order valence-corrected chi connectivity index (χ3v) is 2.25. The molecule has 2 N–H and O–H groups in total. The summed E-state index contributed by atoms with van der Waals surface area (Å²) < 4.78 is 5.01. The first-order chi connectivity index (χ1) is 7.79. The molecule has 0 saturated heterocycles. The molecular formula is C10H13N5O. The third-order valence-electron chi connectivity index (χ3n) is 2.25. The normalized spacial score (nSPS) is 10.1. The van der Waals surface area contributed by atoms with Gasteiger partial charge in [-0.25, -0.2) is 9.97 Å². The summed E-state index contributed by atoms with van der Waals surface area (Å²) in [5.41, 5.74) is 2.16. The maximum atomic E-state index is 5.01. The Kier molecular flexibility index (Phi) is 3.00. The highest BCUT2D eigenvalue weighted by Gasteiger charge is 2.01. The molecule has 0 fully saturated rings. The van der Waals surface area contributed by atoms with Crippen LogP contribution in [0.3, 0.4) is 0 Å². The zero-order chi connectivity index (χ0) is 11.4. The quantitative estimate of drug-likeness (QED) is 0.806. The fourth-order valence-corrected chi connectivity index (χ4v) is 1.29. The predicted molar refractivity (Wildman–Crippen MR) is 59.2 cm³/mol. The highest BCUT2D eigenvalue weighted by atomic mass is 16.5. The Morgan fingerprint density at radius 2 is 2.31 bits per heavy atom. The Morgan fingerprint density at radius 3 is 3.00 bits per heavy atom. The average Bonchev–Trinajstić information content (AvgIpc) is 2.72. The number of rotatable bonds is 4. The van der Waals surface area contributed by atoms with Crippen LogP contribution in [0.5, 0.6) is 5.88 Å². The van der Waals surface area contributed by atoms with Gasteiger partial charge in [0.25, 0.3) is 0 Å². The lowest BCUT2D eigenvalue weighted by atomic mass is 10.2. The largest absolute Gasteiger partial charge is 0.481 e. The van der Waals surface area contributed by atoms with Crippen LogP contribution in [0.4, 0.5) is 5.82 Å². The monoisotopic (exact) mass is 219 g/mol. The third kappa shape index (κ3) is 2.28. The first kappa shape index (κ1) is 10.4. The van der Waals surface area contributed by atoms with Gasteiger partial charge in [0.15, 0.2) is 0 Å². The van der Waals surface area contributed by atoms with Crippen LogP contribution in [0.15, 0.2) is 18.6 Å². The second kappa shape index (κ2) is 4.61. The molecule has 6 heteroatoms. The lowest BCUT2D eigenvalue weighted by molar-refractivity contribution is 0.397. The van der Waals surface area contributed by atoms with Crippen LogP contribution in [0.1, 0.15) is 11.3 Å². The minimum Gasteiger partial charge on any atom is -0.481 e. The van der Waals surface area contributed by atoms with E-state index in [9.17, 15) is 0 Å². The van der Waals surface area contributed by atoms with E-state index in [1.807, 2.05) is 6.92 Å². The van der Waals surface area contributed by atoms with Crippen LogP contribution in [-0.4, -0.2) is 27.3 Å². The molecule has 0 aliphatic heterocycles. The lowest BCUT2D eigenvalue weighted by Crippen LogP contribution is -2.02. The topological polar surface area (TPSA) is 75.7 Å². The first-order valence-electron chi connectivity index (χ1n) is 4.88. The fraction of sp³-hybridized carbons (Fsp3) is 0.300. The van der Waals surface area contributed by atoms with Crippen LogP contribution in [0.2, 0.25) is 0 Å². The maximum Gasteiger partial charge on any atom is 0.218 e. The molecular weight excluding hydrogens is 206 g/mol. The Labute approximate surface area is 93.1 Å². The van der Waals surface area contributed by atoms with Gasteiger partial charge in [0.05, 0.1) is 13.3 Å². The number of hydrogen-bond acceptors (Lipinski definition) is 5. The van der Waals surface area contributed by atoms with E-state index in [2.05, 4.69) is 25.5 Å². The van der Waals surface area contributed by atoms with Crippen molar-refractivity contribution in [1.82, 2.24) is 20.2 Å². The Balaban J connectivity index is 2.02. The van der Waals surface area contributed by atoms with Crippen molar-refractivity contribution in [2.75, 3.05) is 12.4 Å². The van der Waals surface area contributed by atoms with Crippen molar-refractivity contribution in [3.05, 3.63) is 29.8 Å². The SMILES string of the molecule is COc1cc(NCc2cn[nH]c2C)ncn1. The average molecular weight is 219 g/mol. The van der Waals surface area contributed by atoms with Crippen molar-refractivity contribution < 1.29 is 4.74 Å². The highest BCUT2D eigenvalue weighted by Crippen LogP contribution is 2.12. The van der Waals surface area contributed by atoms with Crippen molar-refractivity contribution in [3.8, 4) is 5.88 Å². The summed E-state index contributed by atoms with van der Waals surface area (Å²) in [5.74, 6) is 1.27. The summed E-state index contributed by atoms with van der Waals surface area (Å²) >= 11 is 0. The van der Waals surface area contributed by atoms with Gasteiger partial charge >= 0.3 is 0 Å². The van der Waals surface area contributed by atoms with Gasteiger partial charge in [0.2, 0.25) is 5.88 Å². The summed E-state index contributed by atoms with van der Waals surface area (Å²) in [6.07, 6.45) is 3.25. The zero-order valence-corrected chi connectivity index (χ0v) is 9.19. The van der Waals surface area contributed by atoms with Gasteiger partial charge in [-0.05, 0) is 6.92 Å². The van der Waals surface area contributed by atoms with Gasteiger partial charge in [0, 0.05) is 23.9 Å². The van der Waals surface area contributed by atoms with Crippen LogP contribution >= 0.6 is 0 Å². The summed E-state index contributed by atoms with van der Waals surface area (Å²) in [5, 5.41) is 10.00. The molecule has 2 aromatic rings. The smallest absolute Gasteiger partial charge is 0.218 e. The summed E-state index contributed by atoms with van der Waals surface area (Å²) in [7, 11) is 1.58. The van der Waals surface area contributed by atoms with Crippen molar-refractivity contribution in [2.45, 2.75) is 13.5 Å². The summed E-state index contributed by atoms with van der Waals surface area (Å²) in [4.78, 5) is 8.01. The molecule has 16 heavy (non-hydrogen) atoms. The Morgan fingerprint density at radius 1 is 1.44 bits per heavy atom. The molecule has 0 spiro atoms. The lowest BCUT2D eigenvalue weighted by Gasteiger charge is -2.05. The van der Waals surface area contributed by atoms with Gasteiger partial charge in [-0.15, -0.1) is 0 Å². The van der Waals surface area contributed by atoms with Gasteiger partial charge in [-0.3, -0.25) is 5.10 Å². The van der Waals surface area contributed by atoms with Crippen molar-refractivity contribution >= 4 is 5.82 Å². The van der Waals surface area contributed by atoms with Crippen molar-refractivity contribution in [2.24, 2.45) is 0 Å². The number of nitrogens with zero attached hydrogens (tertiary/aromatic N) is 3. The number of aromatic nitrogens is 4. The molecule has 6 nitrogen and oxygen atoms in total. The fourth-order valence-electron chi connectivity index (χ4n) is 1.29. The minimum atomic E-state index is 0.543. The number of methoxy groups -OCH3 is 1. The van der Waals surface area contributed by atoms with E-state index >= 15 is 0 Å². The van der Waals surface area contributed by atoms with Gasteiger partial charge < -0.3 is 10.1 Å². The van der Waals surface area contributed by atoms with E-state index in [-0.39, 0.29) is 0 Å². The van der Waals surface area contributed by atoms with Gasteiger partial charge in [-0.1, -0.05) is 0 Å². The van der Waals surface area contributed by atoms with E-state index in [0.29, 0.717) is 12.4 Å². The molecule has 0 saturated carbocycles. The standard InChI is InChI=1S/C10H13N5O/c1-7-8(5-14-15-7)4-11-9-3-10(16-2)13-6-12-9/h3,5-6H,4H2,1-2H3,(H,14,15)(H,11,12,13). The van der Waals surface area contributed by atoms with Crippen LogP contribution < -0.4 is 10.1 Å². The van der Waals surface area contributed by atoms with E-state index < -0.39 is 0 Å². The molecule has 2 heterocycles. The molecule has 0 atom stereocenters. The molecule has 2 aromatic heterocycles. The molecule has 0 amide bonds. The van der Waals surface area contributed by atoms with E-state index in [1.165, 1.54) is 6.33 Å². The van der Waals surface area contributed by atoms with Crippen molar-refractivity contribution in [1.29, 1.82) is 0 Å². The number of nitrogens with one attached hydrogen (secondary N) is 2. The summed E-state index contributed by atoms with van der Waals surface area (Å²) in [6, 6.07) is 1.75. The Hall–Kier alpha value is -2.11. The number of aryl methyl sites for hydroxylation is 1. The molecule has 0 unspecified atom stereocenters. The van der Waals surface area contributed by atoms with Crippen LogP contribution in [0, 0.1) is 6.92 Å². The number of ether oxygens (including phenoxy) is 1.